The predicted molar refractivity (Wildman–Crippen MR) is 135 cm³/mol. The minimum absolute atomic E-state index is 0.263. The molecule has 2 N–H and O–H groups in total. The van der Waals surface area contributed by atoms with Crippen LogP contribution in [0.25, 0.3) is 0 Å². The maximum atomic E-state index is 12.9. The molecule has 5 heteroatoms. The summed E-state index contributed by atoms with van der Waals surface area (Å²) in [5.41, 5.74) is 0.437. The van der Waals surface area contributed by atoms with Crippen LogP contribution in [-0.4, -0.2) is 29.2 Å². The average molecular weight is 454 g/mol. The molecule has 0 aliphatic carbocycles. The second kappa shape index (κ2) is 10.2. The Balaban J connectivity index is 1.85. The molecule has 0 aliphatic heterocycles. The van der Waals surface area contributed by atoms with E-state index in [2.05, 4.69) is 41.7 Å². The van der Waals surface area contributed by atoms with Crippen LogP contribution in [0, 0.1) is 0 Å². The molecule has 0 aliphatic rings. The predicted octanol–water partition coefficient (Wildman–Crippen LogP) is 3.86. The Morgan fingerprint density at radius 2 is 1.00 bits per heavy atom. The lowest BCUT2D eigenvalue weighted by atomic mass is 10.2. The monoisotopic (exact) mass is 454 g/mol. The molecule has 0 unspecified atom stereocenters. The number of hydrogen-bond donors (Lipinski definition) is 2. The summed E-state index contributed by atoms with van der Waals surface area (Å²) < 4.78 is 0. The zero-order chi connectivity index (χ0) is 23.1. The molecule has 0 radical (unpaired) electrons. The molecule has 4 aromatic rings. The maximum absolute atomic E-state index is 12.9. The number of hydrogen-bond acceptors (Lipinski definition) is 2. The maximum Gasteiger partial charge on any atom is 0.330 e. The third-order valence-electron chi connectivity index (χ3n) is 5.69. The summed E-state index contributed by atoms with van der Waals surface area (Å²) in [4.78, 5) is 25.3. The minimum Gasteiger partial charge on any atom is -0.480 e. The molecular formula is C28H25NO3P+. The molecule has 1 atom stereocenters. The highest BCUT2D eigenvalue weighted by Gasteiger charge is 2.48. The third-order valence-corrected chi connectivity index (χ3v) is 10.1. The molecule has 164 valence electrons. The van der Waals surface area contributed by atoms with Crippen LogP contribution in [0.2, 0.25) is 0 Å². The normalized spacial score (nSPS) is 12.0. The van der Waals surface area contributed by atoms with Gasteiger partial charge in [-0.25, -0.2) is 4.79 Å². The van der Waals surface area contributed by atoms with E-state index in [1.807, 2.05) is 60.7 Å². The Hall–Kier alpha value is -3.75. The molecule has 0 fully saturated rings. The van der Waals surface area contributed by atoms with Crippen LogP contribution >= 0.6 is 7.26 Å². The van der Waals surface area contributed by atoms with Gasteiger partial charge in [0, 0.05) is 5.56 Å². The van der Waals surface area contributed by atoms with Gasteiger partial charge in [-0.2, -0.15) is 0 Å². The number of carboxylic acid groups (broad SMARTS) is 1. The van der Waals surface area contributed by atoms with Gasteiger partial charge in [0.2, 0.25) is 0 Å². The van der Waals surface area contributed by atoms with E-state index in [1.165, 1.54) is 0 Å². The number of benzene rings is 4. The number of rotatable bonds is 8. The van der Waals surface area contributed by atoms with Crippen LogP contribution in [-0.2, 0) is 4.79 Å². The highest BCUT2D eigenvalue weighted by Crippen LogP contribution is 2.55. The van der Waals surface area contributed by atoms with Crippen molar-refractivity contribution in [1.29, 1.82) is 0 Å². The summed E-state index contributed by atoms with van der Waals surface area (Å²) in [5, 5.41) is 16.2. The first-order chi connectivity index (χ1) is 16.1. The molecule has 0 saturated carbocycles. The van der Waals surface area contributed by atoms with E-state index in [-0.39, 0.29) is 6.16 Å². The Morgan fingerprint density at radius 1 is 0.636 bits per heavy atom. The van der Waals surface area contributed by atoms with Crippen LogP contribution in [0.5, 0.6) is 0 Å². The average Bonchev–Trinajstić information content (AvgIpc) is 2.88. The molecule has 1 amide bonds. The van der Waals surface area contributed by atoms with Gasteiger partial charge in [-0.1, -0.05) is 72.8 Å². The number of amides is 1. The molecule has 4 aromatic carbocycles. The van der Waals surface area contributed by atoms with Crippen molar-refractivity contribution < 1.29 is 14.7 Å². The third kappa shape index (κ3) is 4.87. The van der Waals surface area contributed by atoms with Crippen LogP contribution in [0.4, 0.5) is 0 Å². The molecule has 4 rings (SSSR count). The van der Waals surface area contributed by atoms with E-state index >= 15 is 0 Å². The first-order valence-electron chi connectivity index (χ1n) is 10.7. The smallest absolute Gasteiger partial charge is 0.330 e. The van der Waals surface area contributed by atoms with Gasteiger partial charge in [0.1, 0.15) is 29.3 Å². The van der Waals surface area contributed by atoms with E-state index < -0.39 is 25.2 Å². The van der Waals surface area contributed by atoms with Crippen molar-refractivity contribution in [3.05, 3.63) is 127 Å². The van der Waals surface area contributed by atoms with Crippen LogP contribution in [0.3, 0.4) is 0 Å². The summed E-state index contributed by atoms with van der Waals surface area (Å²) in [7, 11) is -2.41. The fourth-order valence-electron chi connectivity index (χ4n) is 4.10. The van der Waals surface area contributed by atoms with Gasteiger partial charge in [-0.3, -0.25) is 4.79 Å². The molecular weight excluding hydrogens is 429 g/mol. The van der Waals surface area contributed by atoms with Gasteiger partial charge in [0.25, 0.3) is 5.91 Å². The highest BCUT2D eigenvalue weighted by atomic mass is 31.2. The van der Waals surface area contributed by atoms with Gasteiger partial charge in [0.05, 0.1) is 0 Å². The standard InChI is InChI=1S/C28H24NO3P/c30-27(22-13-5-1-6-14-22)29-26(28(31)32)21-33(23-15-7-2-8-16-23,24-17-9-3-10-18-24)25-19-11-4-12-20-25/h1-20,26H,21H2,(H-,29,30,31,32)/p+1/t26-/m1/s1. The lowest BCUT2D eigenvalue weighted by Gasteiger charge is -2.30. The van der Waals surface area contributed by atoms with E-state index in [0.29, 0.717) is 5.56 Å². The van der Waals surface area contributed by atoms with Crippen molar-refractivity contribution in [3.63, 3.8) is 0 Å². The van der Waals surface area contributed by atoms with E-state index in [4.69, 9.17) is 0 Å². The summed E-state index contributed by atoms with van der Waals surface area (Å²) >= 11 is 0. The fraction of sp³-hybridized carbons (Fsp3) is 0.0714. The van der Waals surface area contributed by atoms with Gasteiger partial charge >= 0.3 is 5.97 Å². The van der Waals surface area contributed by atoms with Gasteiger partial charge in [0.15, 0.2) is 6.04 Å². The number of carboxylic acids is 1. The van der Waals surface area contributed by atoms with Gasteiger partial charge < -0.3 is 10.4 Å². The zero-order valence-electron chi connectivity index (χ0n) is 18.0. The highest BCUT2D eigenvalue weighted by molar-refractivity contribution is 7.95. The lowest BCUT2D eigenvalue weighted by Crippen LogP contribution is -2.48. The number of carbonyl (C=O) groups is 2. The van der Waals surface area contributed by atoms with Crippen LogP contribution in [0.1, 0.15) is 10.4 Å². The summed E-state index contributed by atoms with van der Waals surface area (Å²) in [6.45, 7) is 0. The second-order valence-electron chi connectivity index (χ2n) is 7.73. The second-order valence-corrected chi connectivity index (χ2v) is 11.3. The van der Waals surface area contributed by atoms with Crippen LogP contribution in [0.15, 0.2) is 121 Å². The molecule has 0 bridgehead atoms. The van der Waals surface area contributed by atoms with Crippen molar-refractivity contribution in [2.75, 3.05) is 6.16 Å². The first-order valence-corrected chi connectivity index (χ1v) is 12.7. The number of aliphatic carboxylic acids is 1. The fourth-order valence-corrected chi connectivity index (χ4v) is 8.47. The molecule has 0 spiro atoms. The van der Waals surface area contributed by atoms with Crippen molar-refractivity contribution in [2.45, 2.75) is 6.04 Å². The van der Waals surface area contributed by atoms with E-state index in [0.717, 1.165) is 15.9 Å². The minimum atomic E-state index is -2.41. The van der Waals surface area contributed by atoms with E-state index in [1.54, 1.807) is 24.3 Å². The number of carbonyl (C=O) groups excluding carboxylic acids is 1. The van der Waals surface area contributed by atoms with Crippen molar-refractivity contribution in [1.82, 2.24) is 5.32 Å². The zero-order valence-corrected chi connectivity index (χ0v) is 18.9. The van der Waals surface area contributed by atoms with Crippen molar-refractivity contribution in [3.8, 4) is 0 Å². The summed E-state index contributed by atoms with van der Waals surface area (Å²) in [6, 6.07) is 37.8. The van der Waals surface area contributed by atoms with Crippen LogP contribution < -0.4 is 21.2 Å². The van der Waals surface area contributed by atoms with E-state index in [9.17, 15) is 14.7 Å². The Morgan fingerprint density at radius 3 is 1.36 bits per heavy atom. The summed E-state index contributed by atoms with van der Waals surface area (Å²) in [5.74, 6) is -1.44. The Labute approximate surface area is 194 Å². The quantitative estimate of drug-likeness (QED) is 0.398. The molecule has 4 nitrogen and oxygen atoms in total. The van der Waals surface area contributed by atoms with Crippen molar-refractivity contribution >= 4 is 35.1 Å². The van der Waals surface area contributed by atoms with Gasteiger partial charge in [-0.15, -0.1) is 0 Å². The Bertz CT molecular complexity index is 1100. The topological polar surface area (TPSA) is 66.4 Å². The molecule has 0 aromatic heterocycles. The van der Waals surface area contributed by atoms with Gasteiger partial charge in [-0.05, 0) is 48.5 Å². The molecule has 0 saturated heterocycles. The SMILES string of the molecule is O=C(N[C@H](C[P+](c1ccccc1)(c1ccccc1)c1ccccc1)C(=O)O)c1ccccc1. The first kappa shape index (κ1) is 22.4. The molecule has 0 heterocycles. The number of nitrogens with one attached hydrogen (secondary N) is 1. The Kier molecular flexibility index (Phi) is 6.97. The van der Waals surface area contributed by atoms with Crippen molar-refractivity contribution in [2.24, 2.45) is 0 Å². The summed E-state index contributed by atoms with van der Waals surface area (Å²) in [6.07, 6.45) is 0.263. The largest absolute Gasteiger partial charge is 0.480 e. The molecule has 33 heavy (non-hydrogen) atoms. The lowest BCUT2D eigenvalue weighted by molar-refractivity contribution is -0.138.